The molecule has 0 amide bonds. The van der Waals surface area contributed by atoms with Gasteiger partial charge in [-0.3, -0.25) is 0 Å². The maximum absolute atomic E-state index is 11.3. The molecular formula is C28H39NO11. The quantitative estimate of drug-likeness (QED) is 0.218. The van der Waals surface area contributed by atoms with Crippen LogP contribution in [0.1, 0.15) is 52.4 Å². The Morgan fingerprint density at radius 1 is 1.02 bits per heavy atom. The number of aliphatic carboxylic acids is 2. The SMILES string of the molecule is C[N+](C)(C)C[C@H](O)CC(=O)[O-].Cc1c(C)c2c(c(C)c1O)CCC(C)(C(=O)O)O2.O=C(O)c1cc(O)ccc1O. The maximum atomic E-state index is 11.3. The van der Waals surface area contributed by atoms with E-state index in [0.717, 1.165) is 34.4 Å². The number of ether oxygens (including phenoxy) is 1. The van der Waals surface area contributed by atoms with Crippen molar-refractivity contribution in [3.05, 3.63) is 46.0 Å². The van der Waals surface area contributed by atoms with Gasteiger partial charge in [0.1, 0.15) is 41.2 Å². The molecule has 0 aromatic heterocycles. The molecule has 0 saturated carbocycles. The number of carbonyl (C=O) groups excluding carboxylic acids is 1. The van der Waals surface area contributed by atoms with Crippen LogP contribution in [0.3, 0.4) is 0 Å². The minimum atomic E-state index is -1.27. The van der Waals surface area contributed by atoms with Crippen molar-refractivity contribution in [1.82, 2.24) is 0 Å². The minimum Gasteiger partial charge on any atom is -0.550 e. The second-order valence-electron chi connectivity index (χ2n) is 10.9. The van der Waals surface area contributed by atoms with Gasteiger partial charge >= 0.3 is 11.9 Å². The van der Waals surface area contributed by atoms with Gasteiger partial charge in [-0.05, 0) is 69.0 Å². The largest absolute Gasteiger partial charge is 0.550 e. The molecule has 0 radical (unpaired) electrons. The van der Waals surface area contributed by atoms with Gasteiger partial charge in [0.05, 0.1) is 21.1 Å². The number of aliphatic hydroxyl groups is 1. The summed E-state index contributed by atoms with van der Waals surface area (Å²) in [7, 11) is 5.66. The predicted octanol–water partition coefficient (Wildman–Crippen LogP) is 1.48. The Morgan fingerprint density at radius 3 is 2.05 bits per heavy atom. The van der Waals surface area contributed by atoms with Crippen LogP contribution in [0.15, 0.2) is 18.2 Å². The number of fused-ring (bicyclic) bond motifs is 1. The fourth-order valence-electron chi connectivity index (χ4n) is 3.98. The zero-order chi connectivity index (χ0) is 31.2. The summed E-state index contributed by atoms with van der Waals surface area (Å²) in [5.41, 5.74) is 1.81. The number of phenolic OH excluding ortho intramolecular Hbond substituents is 2. The molecule has 2 aromatic rings. The normalized spacial score (nSPS) is 16.6. The molecule has 2 aromatic carbocycles. The summed E-state index contributed by atoms with van der Waals surface area (Å²) in [5.74, 6) is -3.04. The van der Waals surface area contributed by atoms with Crippen LogP contribution in [0.4, 0.5) is 0 Å². The van der Waals surface area contributed by atoms with Crippen molar-refractivity contribution in [3.8, 4) is 23.0 Å². The molecule has 1 unspecified atom stereocenters. The van der Waals surface area contributed by atoms with Crippen LogP contribution in [0.25, 0.3) is 0 Å². The number of hydrogen-bond acceptors (Lipinski definition) is 9. The Balaban J connectivity index is 0.000000318. The summed E-state index contributed by atoms with van der Waals surface area (Å²) in [4.78, 5) is 31.6. The molecular weight excluding hydrogens is 526 g/mol. The fraction of sp³-hybridized carbons (Fsp3) is 0.464. The monoisotopic (exact) mass is 565 g/mol. The van der Waals surface area contributed by atoms with Crippen molar-refractivity contribution in [3.63, 3.8) is 0 Å². The zero-order valence-corrected chi connectivity index (χ0v) is 23.8. The van der Waals surface area contributed by atoms with Gasteiger partial charge in [-0.25, -0.2) is 9.59 Å². The van der Waals surface area contributed by atoms with Crippen LogP contribution in [-0.4, -0.2) is 92.4 Å². The second-order valence-corrected chi connectivity index (χ2v) is 10.9. The number of quaternary nitrogens is 1. The maximum Gasteiger partial charge on any atom is 0.347 e. The molecule has 0 fully saturated rings. The van der Waals surface area contributed by atoms with Crippen molar-refractivity contribution in [2.24, 2.45) is 0 Å². The van der Waals surface area contributed by atoms with Gasteiger partial charge in [-0.1, -0.05) is 0 Å². The van der Waals surface area contributed by atoms with Gasteiger partial charge in [0.25, 0.3) is 0 Å². The Bertz CT molecular complexity index is 1250. The highest BCUT2D eigenvalue weighted by atomic mass is 16.5. The molecule has 222 valence electrons. The van der Waals surface area contributed by atoms with Crippen molar-refractivity contribution < 1.29 is 59.3 Å². The van der Waals surface area contributed by atoms with Gasteiger partial charge in [0, 0.05) is 24.4 Å². The van der Waals surface area contributed by atoms with Crippen LogP contribution in [-0.2, 0) is 16.0 Å². The highest BCUT2D eigenvalue weighted by Gasteiger charge is 2.40. The van der Waals surface area contributed by atoms with E-state index in [1.807, 2.05) is 41.9 Å². The molecule has 40 heavy (non-hydrogen) atoms. The molecule has 0 saturated heterocycles. The number of hydrogen-bond donors (Lipinski definition) is 6. The molecule has 6 N–H and O–H groups in total. The lowest BCUT2D eigenvalue weighted by Crippen LogP contribution is -2.44. The van der Waals surface area contributed by atoms with Gasteiger partial charge in [0.15, 0.2) is 0 Å². The Hall–Kier alpha value is -4.03. The lowest BCUT2D eigenvalue weighted by molar-refractivity contribution is -0.873. The second kappa shape index (κ2) is 13.4. The summed E-state index contributed by atoms with van der Waals surface area (Å²) in [6, 6.07) is 3.32. The number of rotatable bonds is 6. The van der Waals surface area contributed by atoms with E-state index >= 15 is 0 Å². The van der Waals surface area contributed by atoms with E-state index in [9.17, 15) is 29.7 Å². The minimum absolute atomic E-state index is 0.180. The highest BCUT2D eigenvalue weighted by Crippen LogP contribution is 2.43. The molecule has 12 heteroatoms. The van der Waals surface area contributed by atoms with E-state index in [0.29, 0.717) is 29.6 Å². The van der Waals surface area contributed by atoms with Crippen molar-refractivity contribution >= 4 is 17.9 Å². The standard InChI is InChI=1S/C14H18O4.C7H15NO3.C7H6O4/c1-7-8(2)12-10(9(3)11(7)15)5-6-14(4,18-12)13(16)17;1-8(2,3)5-6(9)4-7(10)11;8-4-1-2-6(9)5(3-4)7(10)11/h15H,5-6H2,1-4H3,(H,16,17);6,9H,4-5H2,1-3H3;1-3,8-9H,(H,10,11)/t;6-;/m.1./s1. The summed E-state index contributed by atoms with van der Waals surface area (Å²) in [6.07, 6.45) is -0.0632. The number of aromatic hydroxyl groups is 3. The number of aliphatic hydroxyl groups excluding tert-OH is 1. The predicted molar refractivity (Wildman–Crippen MR) is 143 cm³/mol. The molecule has 0 spiro atoms. The summed E-state index contributed by atoms with van der Waals surface area (Å²) in [6.45, 7) is 7.52. The lowest BCUT2D eigenvalue weighted by atomic mass is 9.87. The van der Waals surface area contributed by atoms with Crippen molar-refractivity contribution in [1.29, 1.82) is 0 Å². The molecule has 0 bridgehead atoms. The van der Waals surface area contributed by atoms with Gasteiger partial charge < -0.3 is 49.8 Å². The Labute approximate surface area is 232 Å². The molecule has 2 atom stereocenters. The van der Waals surface area contributed by atoms with E-state index in [2.05, 4.69) is 0 Å². The molecule has 0 aliphatic carbocycles. The average molecular weight is 566 g/mol. The number of phenols is 3. The number of aromatic carboxylic acids is 1. The van der Waals surface area contributed by atoms with Crippen LogP contribution in [0.5, 0.6) is 23.0 Å². The van der Waals surface area contributed by atoms with Crippen LogP contribution < -0.4 is 9.84 Å². The first kappa shape index (κ1) is 34.0. The molecule has 12 nitrogen and oxygen atoms in total. The van der Waals surface area contributed by atoms with Crippen LogP contribution in [0, 0.1) is 20.8 Å². The van der Waals surface area contributed by atoms with Crippen molar-refractivity contribution in [2.45, 2.75) is 58.7 Å². The summed E-state index contributed by atoms with van der Waals surface area (Å²) < 4.78 is 6.27. The third-order valence-electron chi connectivity index (χ3n) is 6.34. The Kier molecular flexibility index (Phi) is 11.4. The fourth-order valence-corrected chi connectivity index (χ4v) is 3.98. The highest BCUT2D eigenvalue weighted by molar-refractivity contribution is 5.91. The van der Waals surface area contributed by atoms with E-state index in [1.54, 1.807) is 6.92 Å². The van der Waals surface area contributed by atoms with Crippen LogP contribution in [0.2, 0.25) is 0 Å². The molecule has 1 aliphatic rings. The molecule has 3 rings (SSSR count). The third kappa shape index (κ3) is 9.31. The van der Waals surface area contributed by atoms with E-state index in [4.69, 9.17) is 25.2 Å². The van der Waals surface area contributed by atoms with Gasteiger partial charge in [-0.2, -0.15) is 0 Å². The average Bonchev–Trinajstić information content (AvgIpc) is 2.81. The number of benzene rings is 2. The molecule has 1 heterocycles. The first-order chi connectivity index (χ1) is 18.2. The van der Waals surface area contributed by atoms with Gasteiger partial charge in [0.2, 0.25) is 5.60 Å². The number of carboxylic acid groups (broad SMARTS) is 3. The third-order valence-corrected chi connectivity index (χ3v) is 6.34. The first-order valence-corrected chi connectivity index (χ1v) is 12.4. The lowest BCUT2D eigenvalue weighted by Gasteiger charge is -2.34. The number of nitrogens with zero attached hydrogens (tertiary/aromatic N) is 1. The number of carboxylic acids is 3. The van der Waals surface area contributed by atoms with E-state index in [-0.39, 0.29) is 29.2 Å². The number of carbonyl (C=O) groups is 3. The van der Waals surface area contributed by atoms with E-state index in [1.165, 1.54) is 6.07 Å². The Morgan fingerprint density at radius 2 is 1.60 bits per heavy atom. The summed E-state index contributed by atoms with van der Waals surface area (Å²) >= 11 is 0. The van der Waals surface area contributed by atoms with Crippen LogP contribution >= 0.6 is 0 Å². The molecule has 1 aliphatic heterocycles. The first-order valence-electron chi connectivity index (χ1n) is 12.4. The zero-order valence-electron chi connectivity index (χ0n) is 23.8. The van der Waals surface area contributed by atoms with Crippen molar-refractivity contribution in [2.75, 3.05) is 27.7 Å². The number of likely N-dealkylation sites (N-methyl/N-ethyl adjacent to an activating group) is 1. The topological polar surface area (TPSA) is 205 Å². The van der Waals surface area contributed by atoms with Gasteiger partial charge in [-0.15, -0.1) is 0 Å². The smallest absolute Gasteiger partial charge is 0.347 e. The van der Waals surface area contributed by atoms with E-state index < -0.39 is 29.6 Å². The summed E-state index contributed by atoms with van der Waals surface area (Å²) in [5, 5.41) is 64.5.